The summed E-state index contributed by atoms with van der Waals surface area (Å²) in [5.74, 6) is -0.000416. The van der Waals surface area contributed by atoms with Crippen LogP contribution in [0.2, 0.25) is 0 Å². The van der Waals surface area contributed by atoms with Gasteiger partial charge in [0.25, 0.3) is 0 Å². The molecule has 8 nitrogen and oxygen atoms in total. The summed E-state index contributed by atoms with van der Waals surface area (Å²) in [4.78, 5) is 17.4. The van der Waals surface area contributed by atoms with E-state index in [2.05, 4.69) is 10.1 Å². The Morgan fingerprint density at radius 3 is 2.48 bits per heavy atom. The number of benzene rings is 1. The average Bonchev–Trinajstić information content (AvgIpc) is 2.99. The first kappa shape index (κ1) is 23.8. The molecule has 0 radical (unpaired) electrons. The number of piperidine rings is 1. The van der Waals surface area contributed by atoms with Gasteiger partial charge in [0.05, 0.1) is 0 Å². The van der Waals surface area contributed by atoms with Gasteiger partial charge >= 0.3 is 0 Å². The van der Waals surface area contributed by atoms with Crippen LogP contribution in [0.25, 0.3) is 0 Å². The Labute approximate surface area is 194 Å². The SMILES string of the molecule is Cc1noc(C)c1S(=O)(=O)N1CCC(C(=O)N2CCCN(Cc3ccccc3F)CC2)CC1. The summed E-state index contributed by atoms with van der Waals surface area (Å²) in [6.07, 6.45) is 1.83. The van der Waals surface area contributed by atoms with E-state index < -0.39 is 10.0 Å². The minimum atomic E-state index is -3.69. The van der Waals surface area contributed by atoms with Crippen LogP contribution in [-0.4, -0.2) is 72.9 Å². The van der Waals surface area contributed by atoms with Gasteiger partial charge in [-0.05, 0) is 39.2 Å². The minimum Gasteiger partial charge on any atom is -0.360 e. The molecule has 0 unspecified atom stereocenters. The van der Waals surface area contributed by atoms with Crippen molar-refractivity contribution in [2.24, 2.45) is 5.92 Å². The minimum absolute atomic E-state index is 0.0946. The number of aryl methyl sites for hydroxylation is 2. The van der Waals surface area contributed by atoms with E-state index in [1.54, 1.807) is 26.0 Å². The van der Waals surface area contributed by atoms with Gasteiger partial charge in [0.1, 0.15) is 16.4 Å². The number of rotatable bonds is 5. The van der Waals surface area contributed by atoms with E-state index in [0.29, 0.717) is 63.4 Å². The molecule has 2 saturated heterocycles. The van der Waals surface area contributed by atoms with Crippen molar-refractivity contribution in [2.45, 2.75) is 44.6 Å². The maximum Gasteiger partial charge on any atom is 0.248 e. The number of hydrogen-bond donors (Lipinski definition) is 0. The Kier molecular flexibility index (Phi) is 7.16. The Balaban J connectivity index is 1.32. The third-order valence-electron chi connectivity index (χ3n) is 6.62. The number of nitrogens with zero attached hydrogens (tertiary/aromatic N) is 4. The molecule has 10 heteroatoms. The standard InChI is InChI=1S/C23H31FN4O4S/c1-17-22(18(2)32-25-17)33(30,31)28-12-8-19(9-13-28)23(29)27-11-5-10-26(14-15-27)16-20-6-3-4-7-21(20)24/h3-4,6-7,19H,5,8-16H2,1-2H3. The number of aromatic nitrogens is 1. The van der Waals surface area contributed by atoms with Gasteiger partial charge in [-0.25, -0.2) is 12.8 Å². The molecule has 1 amide bonds. The first-order chi connectivity index (χ1) is 15.8. The van der Waals surface area contributed by atoms with Gasteiger partial charge in [-0.1, -0.05) is 23.4 Å². The van der Waals surface area contributed by atoms with Crippen LogP contribution in [-0.2, 0) is 21.4 Å². The van der Waals surface area contributed by atoms with Crippen molar-refractivity contribution >= 4 is 15.9 Å². The molecule has 180 valence electrons. The molecule has 0 spiro atoms. The molecule has 4 rings (SSSR count). The van der Waals surface area contributed by atoms with Gasteiger partial charge in [-0.2, -0.15) is 4.31 Å². The van der Waals surface area contributed by atoms with Crippen molar-refractivity contribution in [3.8, 4) is 0 Å². The Bertz CT molecular complexity index is 1080. The average molecular weight is 479 g/mol. The molecule has 0 aliphatic carbocycles. The normalized spacial score (nSPS) is 19.5. The molecule has 0 atom stereocenters. The fourth-order valence-corrected chi connectivity index (χ4v) is 6.55. The highest BCUT2D eigenvalue weighted by Gasteiger charge is 2.36. The summed E-state index contributed by atoms with van der Waals surface area (Å²) < 4.78 is 46.5. The predicted octanol–water partition coefficient (Wildman–Crippen LogP) is 2.57. The van der Waals surface area contributed by atoms with Crippen molar-refractivity contribution in [3.05, 3.63) is 47.1 Å². The monoisotopic (exact) mass is 478 g/mol. The van der Waals surface area contributed by atoms with Gasteiger partial charge in [0.15, 0.2) is 5.76 Å². The highest BCUT2D eigenvalue weighted by Crippen LogP contribution is 2.28. The summed E-state index contributed by atoms with van der Waals surface area (Å²) in [5.41, 5.74) is 1.03. The van der Waals surface area contributed by atoms with E-state index in [-0.39, 0.29) is 28.3 Å². The van der Waals surface area contributed by atoms with Crippen LogP contribution < -0.4 is 0 Å². The third kappa shape index (κ3) is 5.12. The maximum atomic E-state index is 14.0. The smallest absolute Gasteiger partial charge is 0.248 e. The first-order valence-electron chi connectivity index (χ1n) is 11.4. The number of amides is 1. The Morgan fingerprint density at radius 1 is 1.09 bits per heavy atom. The van der Waals surface area contributed by atoms with Crippen LogP contribution in [0, 0.1) is 25.6 Å². The van der Waals surface area contributed by atoms with Crippen molar-refractivity contribution < 1.29 is 22.1 Å². The summed E-state index contributed by atoms with van der Waals surface area (Å²) >= 11 is 0. The van der Waals surface area contributed by atoms with Crippen LogP contribution in [0.5, 0.6) is 0 Å². The molecule has 2 fully saturated rings. The summed E-state index contributed by atoms with van der Waals surface area (Å²) in [5, 5.41) is 3.76. The first-order valence-corrected chi connectivity index (χ1v) is 12.9. The zero-order chi connectivity index (χ0) is 23.6. The predicted molar refractivity (Wildman–Crippen MR) is 120 cm³/mol. The summed E-state index contributed by atoms with van der Waals surface area (Å²) in [7, 11) is -3.69. The quantitative estimate of drug-likeness (QED) is 0.657. The van der Waals surface area contributed by atoms with Gasteiger partial charge in [0, 0.05) is 57.3 Å². The molecular weight excluding hydrogens is 447 g/mol. The topological polar surface area (TPSA) is 87.0 Å². The molecule has 0 bridgehead atoms. The highest BCUT2D eigenvalue weighted by atomic mass is 32.2. The molecular formula is C23H31FN4O4S. The fraction of sp³-hybridized carbons (Fsp3) is 0.565. The number of hydrogen-bond acceptors (Lipinski definition) is 6. The van der Waals surface area contributed by atoms with E-state index in [1.165, 1.54) is 10.4 Å². The van der Waals surface area contributed by atoms with Gasteiger partial charge < -0.3 is 9.42 Å². The van der Waals surface area contributed by atoms with E-state index in [9.17, 15) is 17.6 Å². The van der Waals surface area contributed by atoms with E-state index >= 15 is 0 Å². The molecule has 0 saturated carbocycles. The van der Waals surface area contributed by atoms with Gasteiger partial charge in [0.2, 0.25) is 15.9 Å². The number of sulfonamides is 1. The van der Waals surface area contributed by atoms with Crippen molar-refractivity contribution in [3.63, 3.8) is 0 Å². The van der Waals surface area contributed by atoms with Gasteiger partial charge in [-0.15, -0.1) is 0 Å². The Hall–Kier alpha value is -2.30. The maximum absolute atomic E-state index is 14.0. The number of halogens is 1. The molecule has 33 heavy (non-hydrogen) atoms. The zero-order valence-electron chi connectivity index (χ0n) is 19.2. The molecule has 2 aliphatic heterocycles. The lowest BCUT2D eigenvalue weighted by molar-refractivity contribution is -0.136. The van der Waals surface area contributed by atoms with E-state index in [4.69, 9.17) is 4.52 Å². The second-order valence-electron chi connectivity index (χ2n) is 8.88. The molecule has 0 N–H and O–H groups in total. The Morgan fingerprint density at radius 2 is 1.82 bits per heavy atom. The van der Waals surface area contributed by atoms with Crippen LogP contribution in [0.3, 0.4) is 0 Å². The lowest BCUT2D eigenvalue weighted by Crippen LogP contribution is -2.45. The second-order valence-corrected chi connectivity index (χ2v) is 10.8. The fourth-order valence-electron chi connectivity index (χ4n) is 4.79. The zero-order valence-corrected chi connectivity index (χ0v) is 20.0. The second kappa shape index (κ2) is 9.90. The molecule has 1 aromatic carbocycles. The van der Waals surface area contributed by atoms with Crippen LogP contribution in [0.4, 0.5) is 4.39 Å². The van der Waals surface area contributed by atoms with Crippen LogP contribution >= 0.6 is 0 Å². The summed E-state index contributed by atoms with van der Waals surface area (Å²) in [6, 6.07) is 6.80. The van der Waals surface area contributed by atoms with E-state index in [1.807, 2.05) is 11.0 Å². The molecule has 2 aliphatic rings. The van der Waals surface area contributed by atoms with Crippen molar-refractivity contribution in [1.82, 2.24) is 19.3 Å². The van der Waals surface area contributed by atoms with Crippen molar-refractivity contribution in [1.29, 1.82) is 0 Å². The molecule has 1 aromatic heterocycles. The van der Waals surface area contributed by atoms with Gasteiger partial charge in [-0.3, -0.25) is 9.69 Å². The lowest BCUT2D eigenvalue weighted by atomic mass is 9.96. The van der Waals surface area contributed by atoms with Crippen LogP contribution in [0.1, 0.15) is 36.3 Å². The largest absolute Gasteiger partial charge is 0.360 e. The molecule has 2 aromatic rings. The van der Waals surface area contributed by atoms with Crippen LogP contribution in [0.15, 0.2) is 33.7 Å². The number of carbonyl (C=O) groups is 1. The molecule has 3 heterocycles. The van der Waals surface area contributed by atoms with E-state index in [0.717, 1.165) is 13.0 Å². The van der Waals surface area contributed by atoms with Crippen molar-refractivity contribution in [2.75, 3.05) is 39.3 Å². The lowest BCUT2D eigenvalue weighted by Gasteiger charge is -2.33. The number of carbonyl (C=O) groups excluding carboxylic acids is 1. The highest BCUT2D eigenvalue weighted by molar-refractivity contribution is 7.89. The third-order valence-corrected chi connectivity index (χ3v) is 8.76. The summed E-state index contributed by atoms with van der Waals surface area (Å²) in [6.45, 7) is 7.13.